The highest BCUT2D eigenvalue weighted by molar-refractivity contribution is 9.11. The van der Waals surface area contributed by atoms with Crippen LogP contribution in [0.4, 0.5) is 0 Å². The van der Waals surface area contributed by atoms with Gasteiger partial charge in [0.1, 0.15) is 0 Å². The molecule has 2 nitrogen and oxygen atoms in total. The molecule has 1 saturated carbocycles. The van der Waals surface area contributed by atoms with Gasteiger partial charge in [0.25, 0.3) is 5.91 Å². The minimum Gasteiger partial charge on any atom is -0.346 e. The Labute approximate surface area is 129 Å². The first kappa shape index (κ1) is 14.5. The number of hydrogen-bond donors (Lipinski definition) is 1. The Hall–Kier alpha value is 0.130. The van der Waals surface area contributed by atoms with Gasteiger partial charge in [-0.2, -0.15) is 0 Å². The maximum atomic E-state index is 12.3. The van der Waals surface area contributed by atoms with Crippen molar-refractivity contribution >= 4 is 49.1 Å². The summed E-state index contributed by atoms with van der Waals surface area (Å²) in [4.78, 5) is 12.3. The highest BCUT2D eigenvalue weighted by Gasteiger charge is 2.35. The zero-order chi connectivity index (χ0) is 13.2. The molecule has 5 heteroatoms. The highest BCUT2D eigenvalue weighted by Crippen LogP contribution is 2.34. The van der Waals surface area contributed by atoms with Gasteiger partial charge in [-0.1, -0.05) is 35.7 Å². The molecule has 1 aromatic rings. The minimum atomic E-state index is -0.0663. The van der Waals surface area contributed by atoms with Gasteiger partial charge in [-0.25, -0.2) is 0 Å². The summed E-state index contributed by atoms with van der Waals surface area (Å²) in [5, 5.41) is 5.97. The van der Waals surface area contributed by atoms with E-state index < -0.39 is 0 Å². The van der Waals surface area contributed by atoms with Crippen molar-refractivity contribution in [2.75, 3.05) is 5.33 Å². The molecular weight excluding hydrogens is 378 g/mol. The number of rotatable bonds is 3. The van der Waals surface area contributed by atoms with Crippen LogP contribution in [0.1, 0.15) is 43.0 Å². The molecule has 1 aliphatic carbocycles. The molecule has 0 radical (unpaired) electrons. The maximum Gasteiger partial charge on any atom is 0.252 e. The Kier molecular flexibility index (Phi) is 4.89. The lowest BCUT2D eigenvalue weighted by molar-refractivity contribution is 0.0870. The van der Waals surface area contributed by atoms with Crippen LogP contribution in [0.25, 0.3) is 0 Å². The lowest BCUT2D eigenvalue weighted by Crippen LogP contribution is -2.52. The predicted octanol–water partition coefficient (Wildman–Crippen LogP) is 4.58. The van der Waals surface area contributed by atoms with Gasteiger partial charge in [0.15, 0.2) is 0 Å². The van der Waals surface area contributed by atoms with Crippen molar-refractivity contribution in [3.63, 3.8) is 0 Å². The first-order chi connectivity index (χ1) is 8.54. The van der Waals surface area contributed by atoms with E-state index in [9.17, 15) is 4.79 Å². The normalized spacial score (nSPS) is 28.1. The Bertz CT molecular complexity index is 434. The molecule has 2 rings (SSSR count). The SMILES string of the molecule is CC1CCCC(CBr)(NC(=O)c2csc(Br)c2)C1. The van der Waals surface area contributed by atoms with Crippen LogP contribution in [-0.2, 0) is 0 Å². The summed E-state index contributed by atoms with van der Waals surface area (Å²) in [6.45, 7) is 2.27. The molecule has 0 bridgehead atoms. The van der Waals surface area contributed by atoms with Crippen molar-refractivity contribution in [2.45, 2.75) is 38.1 Å². The van der Waals surface area contributed by atoms with Gasteiger partial charge < -0.3 is 5.32 Å². The molecule has 1 aliphatic rings. The Morgan fingerprint density at radius 2 is 2.44 bits per heavy atom. The van der Waals surface area contributed by atoms with Gasteiger partial charge in [-0.15, -0.1) is 11.3 Å². The van der Waals surface area contributed by atoms with E-state index >= 15 is 0 Å². The van der Waals surface area contributed by atoms with Gasteiger partial charge in [0, 0.05) is 10.7 Å². The summed E-state index contributed by atoms with van der Waals surface area (Å²) >= 11 is 8.52. The van der Waals surface area contributed by atoms with Gasteiger partial charge in [-0.05, 0) is 40.8 Å². The van der Waals surface area contributed by atoms with Crippen molar-refractivity contribution < 1.29 is 4.79 Å². The lowest BCUT2D eigenvalue weighted by atomic mass is 9.77. The summed E-state index contributed by atoms with van der Waals surface area (Å²) in [6, 6.07) is 1.88. The fourth-order valence-corrected chi connectivity index (χ4v) is 4.46. The van der Waals surface area contributed by atoms with E-state index in [0.717, 1.165) is 27.5 Å². The van der Waals surface area contributed by atoms with Gasteiger partial charge in [0.2, 0.25) is 0 Å². The van der Waals surface area contributed by atoms with Crippen LogP contribution in [0, 0.1) is 5.92 Å². The van der Waals surface area contributed by atoms with Crippen molar-refractivity contribution in [1.29, 1.82) is 0 Å². The molecule has 0 aliphatic heterocycles. The number of carbonyl (C=O) groups is 1. The van der Waals surface area contributed by atoms with Crippen LogP contribution >= 0.6 is 43.2 Å². The van der Waals surface area contributed by atoms with E-state index in [4.69, 9.17) is 0 Å². The lowest BCUT2D eigenvalue weighted by Gasteiger charge is -2.39. The summed E-state index contributed by atoms with van der Waals surface area (Å²) < 4.78 is 0.998. The number of amides is 1. The minimum absolute atomic E-state index is 0.0468. The third kappa shape index (κ3) is 3.36. The first-order valence-corrected chi connectivity index (χ1v) is 8.96. The van der Waals surface area contributed by atoms with Crippen LogP contribution in [0.3, 0.4) is 0 Å². The number of halogens is 2. The molecule has 1 heterocycles. The quantitative estimate of drug-likeness (QED) is 0.746. The molecule has 2 atom stereocenters. The second kappa shape index (κ2) is 6.06. The van der Waals surface area contributed by atoms with E-state index in [1.54, 1.807) is 11.3 Å². The maximum absolute atomic E-state index is 12.3. The van der Waals surface area contributed by atoms with E-state index in [0.29, 0.717) is 5.92 Å². The first-order valence-electron chi connectivity index (χ1n) is 6.17. The third-order valence-corrected chi connectivity index (χ3v) is 6.13. The molecule has 1 fully saturated rings. The second-order valence-electron chi connectivity index (χ2n) is 5.21. The Morgan fingerprint density at radius 1 is 1.67 bits per heavy atom. The zero-order valence-electron chi connectivity index (χ0n) is 10.3. The zero-order valence-corrected chi connectivity index (χ0v) is 14.3. The van der Waals surface area contributed by atoms with Gasteiger partial charge in [-0.3, -0.25) is 4.79 Å². The average molecular weight is 395 g/mol. The second-order valence-corrected chi connectivity index (χ2v) is 8.06. The van der Waals surface area contributed by atoms with Crippen molar-refractivity contribution in [3.8, 4) is 0 Å². The fraction of sp³-hybridized carbons (Fsp3) is 0.615. The van der Waals surface area contributed by atoms with Gasteiger partial charge >= 0.3 is 0 Å². The van der Waals surface area contributed by atoms with Crippen molar-refractivity contribution in [1.82, 2.24) is 5.32 Å². The molecule has 0 aromatic carbocycles. The van der Waals surface area contributed by atoms with Crippen LogP contribution in [0.2, 0.25) is 0 Å². The molecule has 100 valence electrons. The van der Waals surface area contributed by atoms with Crippen LogP contribution < -0.4 is 5.32 Å². The Morgan fingerprint density at radius 3 is 3.00 bits per heavy atom. The monoisotopic (exact) mass is 393 g/mol. The van der Waals surface area contributed by atoms with Gasteiger partial charge in [0.05, 0.1) is 14.9 Å². The highest BCUT2D eigenvalue weighted by atomic mass is 79.9. The third-order valence-electron chi connectivity index (χ3n) is 3.56. The molecule has 1 amide bonds. The predicted molar refractivity (Wildman–Crippen MR) is 83.6 cm³/mol. The van der Waals surface area contributed by atoms with Crippen LogP contribution in [0.5, 0.6) is 0 Å². The molecule has 1 N–H and O–H groups in total. The van der Waals surface area contributed by atoms with Crippen LogP contribution in [0.15, 0.2) is 15.2 Å². The molecule has 1 aromatic heterocycles. The molecule has 0 saturated heterocycles. The Balaban J connectivity index is 2.08. The van der Waals surface area contributed by atoms with E-state index in [1.807, 2.05) is 11.4 Å². The summed E-state index contributed by atoms with van der Waals surface area (Å²) in [7, 11) is 0. The number of thiophene rings is 1. The number of alkyl halides is 1. The fourth-order valence-electron chi connectivity index (χ4n) is 2.67. The number of hydrogen-bond acceptors (Lipinski definition) is 2. The van der Waals surface area contributed by atoms with E-state index in [1.165, 1.54) is 12.8 Å². The van der Waals surface area contributed by atoms with Crippen molar-refractivity contribution in [3.05, 3.63) is 20.8 Å². The standard InChI is InChI=1S/C13H17Br2NOS/c1-9-3-2-4-13(6-9,8-14)16-12(17)10-5-11(15)18-7-10/h5,7,9H,2-4,6,8H2,1H3,(H,16,17). The van der Waals surface area contributed by atoms with Crippen LogP contribution in [-0.4, -0.2) is 16.8 Å². The van der Waals surface area contributed by atoms with E-state index in [-0.39, 0.29) is 11.4 Å². The summed E-state index contributed by atoms with van der Waals surface area (Å²) in [5.74, 6) is 0.733. The number of carbonyl (C=O) groups excluding carboxylic acids is 1. The topological polar surface area (TPSA) is 29.1 Å². The molecule has 18 heavy (non-hydrogen) atoms. The summed E-state index contributed by atoms with van der Waals surface area (Å²) in [5.41, 5.74) is 0.689. The smallest absolute Gasteiger partial charge is 0.252 e. The largest absolute Gasteiger partial charge is 0.346 e. The van der Waals surface area contributed by atoms with Crippen molar-refractivity contribution in [2.24, 2.45) is 5.92 Å². The number of nitrogens with one attached hydrogen (secondary N) is 1. The molecular formula is C13H17Br2NOS. The summed E-state index contributed by atoms with van der Waals surface area (Å²) in [6.07, 6.45) is 4.60. The molecule has 0 spiro atoms. The van der Waals surface area contributed by atoms with E-state index in [2.05, 4.69) is 44.1 Å². The average Bonchev–Trinajstić information content (AvgIpc) is 2.76. The molecule has 2 unspecified atom stereocenters.